The molecule has 4 rings (SSSR count). The Morgan fingerprint density at radius 1 is 1.21 bits per heavy atom. The zero-order chi connectivity index (χ0) is 20.5. The van der Waals surface area contributed by atoms with E-state index in [0.29, 0.717) is 12.3 Å². The molecule has 0 unspecified atom stereocenters. The van der Waals surface area contributed by atoms with Crippen molar-refractivity contribution in [1.29, 1.82) is 0 Å². The van der Waals surface area contributed by atoms with Crippen molar-refractivity contribution in [2.45, 2.75) is 65.8 Å². The summed E-state index contributed by atoms with van der Waals surface area (Å²) < 4.78 is 1.99. The standard InChI is InChI=1S/C24H32N4O/c1-5-18-8-7-9-20-22(15-25-24(18)20)19-10-12-27(13-11-19)23(29)14-21-16(3)26-28(6-2)17(21)4/h7-9,15,19,25H,5-6,10-14H2,1-4H3. The number of carbonyl (C=O) groups excluding carboxylic acids is 1. The van der Waals surface area contributed by atoms with Crippen LogP contribution in [-0.2, 0) is 24.2 Å². The molecule has 1 aromatic carbocycles. The predicted molar refractivity (Wildman–Crippen MR) is 117 cm³/mol. The Hall–Kier alpha value is -2.56. The van der Waals surface area contributed by atoms with Gasteiger partial charge in [-0.1, -0.05) is 25.1 Å². The lowest BCUT2D eigenvalue weighted by Crippen LogP contribution is -2.38. The van der Waals surface area contributed by atoms with E-state index in [-0.39, 0.29) is 5.91 Å². The first-order valence-corrected chi connectivity index (χ1v) is 10.9. The summed E-state index contributed by atoms with van der Waals surface area (Å²) in [4.78, 5) is 18.5. The topological polar surface area (TPSA) is 53.9 Å². The van der Waals surface area contributed by atoms with Gasteiger partial charge in [-0.25, -0.2) is 0 Å². The van der Waals surface area contributed by atoms with Crippen LogP contribution < -0.4 is 0 Å². The molecule has 0 atom stereocenters. The van der Waals surface area contributed by atoms with E-state index in [0.717, 1.165) is 55.8 Å². The van der Waals surface area contributed by atoms with Crippen LogP contribution in [-0.4, -0.2) is 38.7 Å². The molecule has 0 aliphatic carbocycles. The summed E-state index contributed by atoms with van der Waals surface area (Å²) in [5, 5.41) is 5.91. The Morgan fingerprint density at radius 2 is 1.97 bits per heavy atom. The number of aromatic nitrogens is 3. The number of nitrogens with one attached hydrogen (secondary N) is 1. The van der Waals surface area contributed by atoms with Crippen LogP contribution in [0.4, 0.5) is 0 Å². The van der Waals surface area contributed by atoms with Gasteiger partial charge < -0.3 is 9.88 Å². The summed E-state index contributed by atoms with van der Waals surface area (Å²) >= 11 is 0. The maximum atomic E-state index is 12.9. The second-order valence-electron chi connectivity index (χ2n) is 8.23. The van der Waals surface area contributed by atoms with Crippen LogP contribution in [0.1, 0.15) is 60.7 Å². The molecular weight excluding hydrogens is 360 g/mol. The normalized spacial score (nSPS) is 15.4. The van der Waals surface area contributed by atoms with E-state index in [1.807, 2.05) is 16.5 Å². The number of carbonyl (C=O) groups is 1. The molecule has 1 aliphatic rings. The number of fused-ring (bicyclic) bond motifs is 1. The van der Waals surface area contributed by atoms with E-state index in [1.54, 1.807) is 0 Å². The van der Waals surface area contributed by atoms with Gasteiger partial charge in [-0.05, 0) is 57.1 Å². The van der Waals surface area contributed by atoms with Crippen molar-refractivity contribution in [3.05, 3.63) is 52.5 Å². The lowest BCUT2D eigenvalue weighted by molar-refractivity contribution is -0.131. The largest absolute Gasteiger partial charge is 0.361 e. The quantitative estimate of drug-likeness (QED) is 0.694. The maximum Gasteiger partial charge on any atom is 0.227 e. The van der Waals surface area contributed by atoms with E-state index < -0.39 is 0 Å². The SMILES string of the molecule is CCc1cccc2c(C3CCN(C(=O)Cc4c(C)nn(CC)c4C)CC3)c[nH]c12. The van der Waals surface area contributed by atoms with Crippen LogP contribution in [0.15, 0.2) is 24.4 Å². The van der Waals surface area contributed by atoms with Crippen molar-refractivity contribution in [3.63, 3.8) is 0 Å². The summed E-state index contributed by atoms with van der Waals surface area (Å²) in [6, 6.07) is 6.60. The Kier molecular flexibility index (Phi) is 5.48. The van der Waals surface area contributed by atoms with Gasteiger partial charge in [-0.3, -0.25) is 9.48 Å². The summed E-state index contributed by atoms with van der Waals surface area (Å²) in [6.45, 7) is 10.9. The Bertz CT molecular complexity index is 1020. The molecule has 0 saturated carbocycles. The number of nitrogens with zero attached hydrogens (tertiary/aromatic N) is 3. The molecule has 5 heteroatoms. The number of likely N-dealkylation sites (tertiary alicyclic amines) is 1. The average molecular weight is 393 g/mol. The fraction of sp³-hybridized carbons (Fsp3) is 0.500. The molecule has 3 aromatic rings. The highest BCUT2D eigenvalue weighted by Gasteiger charge is 2.26. The van der Waals surface area contributed by atoms with E-state index in [4.69, 9.17) is 0 Å². The molecule has 1 fully saturated rings. The summed E-state index contributed by atoms with van der Waals surface area (Å²) in [6.07, 6.45) is 5.76. The fourth-order valence-electron chi connectivity index (χ4n) is 4.87. The molecule has 29 heavy (non-hydrogen) atoms. The van der Waals surface area contributed by atoms with Crippen molar-refractivity contribution < 1.29 is 4.79 Å². The first-order valence-electron chi connectivity index (χ1n) is 10.9. The van der Waals surface area contributed by atoms with E-state index in [1.165, 1.54) is 22.0 Å². The lowest BCUT2D eigenvalue weighted by Gasteiger charge is -2.32. The van der Waals surface area contributed by atoms with Crippen LogP contribution >= 0.6 is 0 Å². The summed E-state index contributed by atoms with van der Waals surface area (Å²) in [5.74, 6) is 0.753. The van der Waals surface area contributed by atoms with Crippen molar-refractivity contribution in [2.24, 2.45) is 0 Å². The highest BCUT2D eigenvalue weighted by Crippen LogP contribution is 2.34. The number of aromatic amines is 1. The molecule has 1 aliphatic heterocycles. The highest BCUT2D eigenvalue weighted by molar-refractivity contribution is 5.86. The third kappa shape index (κ3) is 3.59. The van der Waals surface area contributed by atoms with Crippen molar-refractivity contribution >= 4 is 16.8 Å². The van der Waals surface area contributed by atoms with Crippen molar-refractivity contribution in [3.8, 4) is 0 Å². The van der Waals surface area contributed by atoms with Gasteiger partial charge in [0.2, 0.25) is 5.91 Å². The molecule has 0 radical (unpaired) electrons. The van der Waals surface area contributed by atoms with Gasteiger partial charge in [-0.2, -0.15) is 5.10 Å². The van der Waals surface area contributed by atoms with Gasteiger partial charge in [-0.15, -0.1) is 0 Å². The van der Waals surface area contributed by atoms with Gasteiger partial charge in [0.15, 0.2) is 0 Å². The molecule has 0 spiro atoms. The lowest BCUT2D eigenvalue weighted by atomic mass is 9.88. The monoisotopic (exact) mass is 392 g/mol. The molecule has 5 nitrogen and oxygen atoms in total. The van der Waals surface area contributed by atoms with Crippen LogP contribution in [0.2, 0.25) is 0 Å². The Morgan fingerprint density at radius 3 is 2.62 bits per heavy atom. The predicted octanol–water partition coefficient (Wildman–Crippen LogP) is 4.51. The third-order valence-corrected chi connectivity index (χ3v) is 6.66. The minimum Gasteiger partial charge on any atom is -0.361 e. The minimum absolute atomic E-state index is 0.234. The Balaban J connectivity index is 1.43. The van der Waals surface area contributed by atoms with Gasteiger partial charge in [0.25, 0.3) is 0 Å². The van der Waals surface area contributed by atoms with E-state index in [9.17, 15) is 4.79 Å². The molecule has 1 saturated heterocycles. The second kappa shape index (κ2) is 8.05. The van der Waals surface area contributed by atoms with Gasteiger partial charge >= 0.3 is 0 Å². The third-order valence-electron chi connectivity index (χ3n) is 6.66. The number of piperidine rings is 1. The Labute approximate surface area is 173 Å². The van der Waals surface area contributed by atoms with Gasteiger partial charge in [0.1, 0.15) is 0 Å². The minimum atomic E-state index is 0.234. The number of rotatable bonds is 5. The highest BCUT2D eigenvalue weighted by atomic mass is 16.2. The fourth-order valence-corrected chi connectivity index (χ4v) is 4.87. The number of hydrogen-bond acceptors (Lipinski definition) is 2. The molecule has 154 valence electrons. The number of para-hydroxylation sites is 1. The molecular formula is C24H32N4O. The smallest absolute Gasteiger partial charge is 0.227 e. The number of aryl methyl sites for hydroxylation is 3. The average Bonchev–Trinajstić information content (AvgIpc) is 3.30. The number of hydrogen-bond donors (Lipinski definition) is 1. The van der Waals surface area contributed by atoms with E-state index in [2.05, 4.69) is 55.2 Å². The van der Waals surface area contributed by atoms with Gasteiger partial charge in [0.05, 0.1) is 12.1 Å². The molecule has 2 aromatic heterocycles. The summed E-state index contributed by atoms with van der Waals surface area (Å²) in [5.41, 5.74) is 7.28. The maximum absolute atomic E-state index is 12.9. The first kappa shape index (κ1) is 19.7. The summed E-state index contributed by atoms with van der Waals surface area (Å²) in [7, 11) is 0. The zero-order valence-corrected chi connectivity index (χ0v) is 18.1. The first-order chi connectivity index (χ1) is 14.0. The van der Waals surface area contributed by atoms with Crippen molar-refractivity contribution in [1.82, 2.24) is 19.7 Å². The zero-order valence-electron chi connectivity index (χ0n) is 18.1. The van der Waals surface area contributed by atoms with Crippen LogP contribution in [0.3, 0.4) is 0 Å². The molecule has 0 bridgehead atoms. The number of benzene rings is 1. The van der Waals surface area contributed by atoms with Crippen LogP contribution in [0.25, 0.3) is 10.9 Å². The van der Waals surface area contributed by atoms with Gasteiger partial charge in [0, 0.05) is 48.0 Å². The molecule has 3 heterocycles. The molecule has 1 N–H and O–H groups in total. The van der Waals surface area contributed by atoms with Crippen molar-refractivity contribution in [2.75, 3.05) is 13.1 Å². The second-order valence-corrected chi connectivity index (χ2v) is 8.23. The number of H-pyrrole nitrogens is 1. The van der Waals surface area contributed by atoms with Crippen LogP contribution in [0.5, 0.6) is 0 Å². The van der Waals surface area contributed by atoms with Crippen LogP contribution in [0, 0.1) is 13.8 Å². The number of amides is 1. The van der Waals surface area contributed by atoms with E-state index >= 15 is 0 Å². The molecule has 1 amide bonds.